The molecule has 3 N–H and O–H groups in total. The third-order valence-electron chi connectivity index (χ3n) is 3.58. The molecule has 0 spiro atoms. The number of hydrogen-bond acceptors (Lipinski definition) is 3. The van der Waals surface area contributed by atoms with Gasteiger partial charge in [-0.2, -0.15) is 5.10 Å². The Morgan fingerprint density at radius 3 is 2.50 bits per heavy atom. The molecule has 1 aromatic carbocycles. The molecule has 0 saturated carbocycles. The molecular weight excluding hydrogens is 226 g/mol. The van der Waals surface area contributed by atoms with Crippen LogP contribution in [-0.4, -0.2) is 23.4 Å². The van der Waals surface area contributed by atoms with E-state index in [1.807, 2.05) is 0 Å². The maximum absolute atomic E-state index is 5.82. The van der Waals surface area contributed by atoms with Gasteiger partial charge in [0.25, 0.3) is 0 Å². The highest BCUT2D eigenvalue weighted by molar-refractivity contribution is 5.73. The van der Waals surface area contributed by atoms with Gasteiger partial charge in [0.2, 0.25) is 0 Å². The topological polar surface area (TPSA) is 63.9 Å². The first kappa shape index (κ1) is 11.3. The fourth-order valence-electron chi connectivity index (χ4n) is 2.49. The van der Waals surface area contributed by atoms with Gasteiger partial charge in [-0.05, 0) is 29.9 Å². The number of nitrogens with one attached hydrogen (secondary N) is 1. The predicted molar refractivity (Wildman–Crippen MR) is 71.2 cm³/mol. The van der Waals surface area contributed by atoms with Crippen LogP contribution in [0.25, 0.3) is 11.1 Å². The predicted octanol–water partition coefficient (Wildman–Crippen LogP) is 2.55. The minimum absolute atomic E-state index is 0.619. The fourth-order valence-corrected chi connectivity index (χ4v) is 2.49. The summed E-state index contributed by atoms with van der Waals surface area (Å²) in [7, 11) is 0. The molecular formula is C14H17N3O. The van der Waals surface area contributed by atoms with Gasteiger partial charge in [0.05, 0.1) is 6.20 Å². The van der Waals surface area contributed by atoms with Crippen LogP contribution in [0.1, 0.15) is 24.3 Å². The Kier molecular flexibility index (Phi) is 3.02. The molecule has 1 saturated heterocycles. The van der Waals surface area contributed by atoms with Crippen molar-refractivity contribution >= 4 is 5.82 Å². The molecule has 3 rings (SSSR count). The van der Waals surface area contributed by atoms with Gasteiger partial charge in [-0.3, -0.25) is 5.10 Å². The minimum Gasteiger partial charge on any atom is -0.384 e. The van der Waals surface area contributed by atoms with Crippen molar-refractivity contribution in [2.45, 2.75) is 18.8 Å². The Labute approximate surface area is 106 Å². The molecule has 0 amide bonds. The van der Waals surface area contributed by atoms with Crippen LogP contribution in [0.3, 0.4) is 0 Å². The first-order valence-electron chi connectivity index (χ1n) is 6.31. The van der Waals surface area contributed by atoms with E-state index in [-0.39, 0.29) is 0 Å². The zero-order valence-electron chi connectivity index (χ0n) is 10.2. The first-order valence-corrected chi connectivity index (χ1v) is 6.31. The van der Waals surface area contributed by atoms with Crippen molar-refractivity contribution in [2.24, 2.45) is 0 Å². The highest BCUT2D eigenvalue weighted by Gasteiger charge is 2.15. The van der Waals surface area contributed by atoms with E-state index in [2.05, 4.69) is 34.5 Å². The fraction of sp³-hybridized carbons (Fsp3) is 0.357. The molecule has 1 fully saturated rings. The van der Waals surface area contributed by atoms with Crippen molar-refractivity contribution in [3.05, 3.63) is 36.0 Å². The van der Waals surface area contributed by atoms with Gasteiger partial charge in [-0.1, -0.05) is 24.3 Å². The summed E-state index contributed by atoms with van der Waals surface area (Å²) in [5, 5.41) is 6.70. The van der Waals surface area contributed by atoms with Gasteiger partial charge in [-0.25, -0.2) is 0 Å². The van der Waals surface area contributed by atoms with E-state index in [9.17, 15) is 0 Å². The van der Waals surface area contributed by atoms with Gasteiger partial charge in [0, 0.05) is 18.8 Å². The largest absolute Gasteiger partial charge is 0.384 e. The second-order valence-electron chi connectivity index (χ2n) is 4.71. The molecule has 0 aliphatic carbocycles. The number of aromatic amines is 1. The summed E-state index contributed by atoms with van der Waals surface area (Å²) in [6.45, 7) is 1.75. The Morgan fingerprint density at radius 1 is 1.17 bits per heavy atom. The number of aromatic nitrogens is 2. The lowest BCUT2D eigenvalue weighted by molar-refractivity contribution is 0.0853. The molecule has 4 heteroatoms. The number of nitrogens with zero attached hydrogens (tertiary/aromatic N) is 1. The van der Waals surface area contributed by atoms with Crippen LogP contribution in [0.5, 0.6) is 0 Å². The second kappa shape index (κ2) is 4.82. The van der Waals surface area contributed by atoms with E-state index in [0.717, 1.165) is 37.2 Å². The molecule has 1 aliphatic heterocycles. The van der Waals surface area contributed by atoms with Crippen LogP contribution in [-0.2, 0) is 4.74 Å². The summed E-state index contributed by atoms with van der Waals surface area (Å²) in [5.74, 6) is 1.25. The number of hydrogen-bond donors (Lipinski definition) is 2. The van der Waals surface area contributed by atoms with Crippen molar-refractivity contribution in [3.63, 3.8) is 0 Å². The van der Waals surface area contributed by atoms with Crippen LogP contribution < -0.4 is 5.73 Å². The van der Waals surface area contributed by atoms with Crippen molar-refractivity contribution in [3.8, 4) is 11.1 Å². The zero-order valence-corrected chi connectivity index (χ0v) is 10.2. The molecule has 1 aromatic heterocycles. The second-order valence-corrected chi connectivity index (χ2v) is 4.71. The molecule has 2 aromatic rings. The van der Waals surface area contributed by atoms with E-state index >= 15 is 0 Å². The molecule has 2 heterocycles. The molecule has 1 aliphatic rings. The summed E-state index contributed by atoms with van der Waals surface area (Å²) in [6.07, 6.45) is 4.00. The van der Waals surface area contributed by atoms with Crippen LogP contribution in [0.4, 0.5) is 5.82 Å². The molecule has 0 bridgehead atoms. The number of nitrogen functional groups attached to an aromatic ring is 1. The van der Waals surface area contributed by atoms with Crippen molar-refractivity contribution in [1.82, 2.24) is 10.2 Å². The van der Waals surface area contributed by atoms with E-state index in [0.29, 0.717) is 11.7 Å². The summed E-state index contributed by atoms with van der Waals surface area (Å²) in [5.41, 5.74) is 9.29. The highest BCUT2D eigenvalue weighted by atomic mass is 16.5. The Bertz CT molecular complexity index is 512. The zero-order chi connectivity index (χ0) is 12.4. The average Bonchev–Trinajstić information content (AvgIpc) is 2.86. The number of ether oxygens (including phenoxy) is 1. The minimum atomic E-state index is 0.619. The molecule has 18 heavy (non-hydrogen) atoms. The van der Waals surface area contributed by atoms with Crippen molar-refractivity contribution in [1.29, 1.82) is 0 Å². The summed E-state index contributed by atoms with van der Waals surface area (Å²) < 4.78 is 5.39. The number of benzene rings is 1. The van der Waals surface area contributed by atoms with Gasteiger partial charge in [0.15, 0.2) is 0 Å². The normalized spacial score (nSPS) is 16.9. The number of rotatable bonds is 2. The lowest BCUT2D eigenvalue weighted by Gasteiger charge is -2.22. The number of nitrogens with two attached hydrogens (primary N) is 1. The molecule has 0 unspecified atom stereocenters. The van der Waals surface area contributed by atoms with Gasteiger partial charge < -0.3 is 10.5 Å². The third kappa shape index (κ3) is 2.11. The summed E-state index contributed by atoms with van der Waals surface area (Å²) in [6, 6.07) is 8.62. The Morgan fingerprint density at radius 2 is 1.89 bits per heavy atom. The van der Waals surface area contributed by atoms with Crippen molar-refractivity contribution in [2.75, 3.05) is 18.9 Å². The standard InChI is InChI=1S/C14H17N3O/c15-14-13(9-16-17-14)12-3-1-10(2-4-12)11-5-7-18-8-6-11/h1-4,9,11H,5-8H2,(H3,15,16,17). The smallest absolute Gasteiger partial charge is 0.126 e. The lowest BCUT2D eigenvalue weighted by atomic mass is 9.91. The maximum Gasteiger partial charge on any atom is 0.126 e. The van der Waals surface area contributed by atoms with Gasteiger partial charge in [0.1, 0.15) is 5.82 Å². The van der Waals surface area contributed by atoms with Crippen LogP contribution in [0.2, 0.25) is 0 Å². The molecule has 0 radical (unpaired) electrons. The Balaban J connectivity index is 1.82. The average molecular weight is 243 g/mol. The summed E-state index contributed by atoms with van der Waals surface area (Å²) >= 11 is 0. The third-order valence-corrected chi connectivity index (χ3v) is 3.58. The Hall–Kier alpha value is -1.81. The van der Waals surface area contributed by atoms with Crippen molar-refractivity contribution < 1.29 is 4.74 Å². The number of H-pyrrole nitrogens is 1. The van der Waals surface area contributed by atoms with Gasteiger partial charge >= 0.3 is 0 Å². The highest BCUT2D eigenvalue weighted by Crippen LogP contribution is 2.30. The van der Waals surface area contributed by atoms with E-state index in [1.165, 1.54) is 5.56 Å². The quantitative estimate of drug-likeness (QED) is 0.852. The number of anilines is 1. The maximum atomic E-state index is 5.82. The van der Waals surface area contributed by atoms with E-state index < -0.39 is 0 Å². The SMILES string of the molecule is Nc1[nH]ncc1-c1ccc(C2CCOCC2)cc1. The molecule has 0 atom stereocenters. The molecule has 94 valence electrons. The van der Waals surface area contributed by atoms with Crippen LogP contribution >= 0.6 is 0 Å². The summed E-state index contributed by atoms with van der Waals surface area (Å²) in [4.78, 5) is 0. The van der Waals surface area contributed by atoms with Crippen LogP contribution in [0, 0.1) is 0 Å². The van der Waals surface area contributed by atoms with E-state index in [4.69, 9.17) is 10.5 Å². The van der Waals surface area contributed by atoms with Gasteiger partial charge in [-0.15, -0.1) is 0 Å². The van der Waals surface area contributed by atoms with Crippen LogP contribution in [0.15, 0.2) is 30.5 Å². The lowest BCUT2D eigenvalue weighted by Crippen LogP contribution is -2.13. The van der Waals surface area contributed by atoms with E-state index in [1.54, 1.807) is 6.20 Å². The first-order chi connectivity index (χ1) is 8.84. The molecule has 4 nitrogen and oxygen atoms in total. The monoisotopic (exact) mass is 243 g/mol.